The van der Waals surface area contributed by atoms with E-state index in [1.165, 1.54) is 0 Å². The van der Waals surface area contributed by atoms with Crippen LogP contribution in [0.2, 0.25) is 0 Å². The molecule has 8 aromatic carbocycles. The molecule has 1 aromatic heterocycles. The van der Waals surface area contributed by atoms with E-state index in [4.69, 9.17) is 22.2 Å². The topological polar surface area (TPSA) is 13.1 Å². The number of furan rings is 1. The molecule has 0 spiro atoms. The summed E-state index contributed by atoms with van der Waals surface area (Å²) in [7, 11) is 0. The van der Waals surface area contributed by atoms with Crippen molar-refractivity contribution in [3.8, 4) is 22.3 Å². The highest BCUT2D eigenvalue weighted by Crippen LogP contribution is 2.48. The SMILES string of the molecule is [2H]c1c([2H])c([2H])c2c(oc3c(-c4c5ccccc5c(-c5c([2H])c6c([2H])c([2H])c([2H])c([2H])c6c6c([2H])c([2H])c([2H])c([2H])c56)c5ccccc45)c([2H])c([2H])c([2H])c32)c1[2H]. The van der Waals surface area contributed by atoms with Gasteiger partial charge in [0.2, 0.25) is 0 Å². The Kier molecular flexibility index (Phi) is 2.50. The van der Waals surface area contributed by atoms with Crippen molar-refractivity contribution in [2.45, 2.75) is 0 Å². The molecule has 0 unspecified atom stereocenters. The van der Waals surface area contributed by atoms with Gasteiger partial charge in [0.25, 0.3) is 0 Å². The highest BCUT2D eigenvalue weighted by atomic mass is 16.3. The maximum Gasteiger partial charge on any atom is 0.143 e. The van der Waals surface area contributed by atoms with Crippen molar-refractivity contribution in [2.75, 3.05) is 0 Å². The molecule has 190 valence electrons. The minimum atomic E-state index is -0.628. The van der Waals surface area contributed by atoms with Crippen molar-refractivity contribution < 1.29 is 26.3 Å². The molecule has 9 aromatic rings. The molecular formula is C40H24O. The van der Waals surface area contributed by atoms with Gasteiger partial charge in [-0.05, 0) is 66.3 Å². The van der Waals surface area contributed by atoms with Gasteiger partial charge >= 0.3 is 0 Å². The van der Waals surface area contributed by atoms with Crippen molar-refractivity contribution in [1.82, 2.24) is 0 Å². The Morgan fingerprint density at radius 1 is 0.415 bits per heavy atom. The summed E-state index contributed by atoms with van der Waals surface area (Å²) in [6, 6.07) is 5.02. The average Bonchev–Trinajstić information content (AvgIpc) is 3.61. The van der Waals surface area contributed by atoms with Gasteiger partial charge in [-0.3, -0.25) is 0 Å². The Morgan fingerprint density at radius 2 is 0.951 bits per heavy atom. The van der Waals surface area contributed by atoms with E-state index >= 15 is 0 Å². The molecule has 0 amide bonds. The summed E-state index contributed by atoms with van der Waals surface area (Å²) in [5, 5.41) is 0.615. The maximum absolute atomic E-state index is 9.70. The molecule has 0 aliphatic carbocycles. The first-order chi connectivity index (χ1) is 27.0. The molecule has 0 saturated carbocycles. The molecule has 1 nitrogen and oxygen atoms in total. The van der Waals surface area contributed by atoms with Gasteiger partial charge in [-0.15, -0.1) is 0 Å². The molecule has 0 atom stereocenters. The Bertz CT molecular complexity index is 3310. The molecule has 0 N–H and O–H groups in total. The second kappa shape index (κ2) is 8.55. The van der Waals surface area contributed by atoms with Crippen molar-refractivity contribution in [1.29, 1.82) is 0 Å². The standard InChI is InChI=1S/C40H24O/c1-2-13-26-25(12-1)24-36(28-15-4-3-14-27(26)28)39-32-19-7-5-17-30(32)38(31-18-6-8-20-33(31)39)35-22-11-21-34-29-16-9-10-23-37(29)41-40(34)35/h1-24H/i1D,2D,3D,4D,9D,10D,11D,12D,13D,14D,15D,16D,21D,22D,23D,24D. The van der Waals surface area contributed by atoms with E-state index < -0.39 is 96.7 Å². The van der Waals surface area contributed by atoms with E-state index in [0.29, 0.717) is 27.1 Å². The van der Waals surface area contributed by atoms with Crippen LogP contribution in [0.5, 0.6) is 0 Å². The van der Waals surface area contributed by atoms with Crippen LogP contribution in [0.1, 0.15) is 21.9 Å². The second-order valence-corrected chi connectivity index (χ2v) is 9.60. The first-order valence-electron chi connectivity index (χ1n) is 20.8. The van der Waals surface area contributed by atoms with E-state index in [2.05, 4.69) is 0 Å². The molecule has 0 bridgehead atoms. The lowest BCUT2D eigenvalue weighted by atomic mass is 9.83. The zero-order valence-corrected chi connectivity index (χ0v) is 21.0. The third-order valence-corrected chi connectivity index (χ3v) is 7.49. The number of fused-ring (bicyclic) bond motifs is 8. The number of rotatable bonds is 2. The fourth-order valence-corrected chi connectivity index (χ4v) is 5.83. The molecule has 9 rings (SSSR count). The second-order valence-electron chi connectivity index (χ2n) is 9.60. The Balaban J connectivity index is 1.56. The third-order valence-electron chi connectivity index (χ3n) is 7.49. The number of hydrogen-bond donors (Lipinski definition) is 0. The average molecular weight is 537 g/mol. The van der Waals surface area contributed by atoms with Crippen LogP contribution in [0.4, 0.5) is 0 Å². The van der Waals surface area contributed by atoms with E-state index in [0.717, 1.165) is 0 Å². The zero-order chi connectivity index (χ0) is 40.8. The molecular weight excluding hydrogens is 496 g/mol. The summed E-state index contributed by atoms with van der Waals surface area (Å²) in [4.78, 5) is 0. The van der Waals surface area contributed by atoms with Crippen LogP contribution in [0, 0.1) is 0 Å². The number of hydrogen-bond acceptors (Lipinski definition) is 1. The van der Waals surface area contributed by atoms with Crippen molar-refractivity contribution in [2.24, 2.45) is 0 Å². The van der Waals surface area contributed by atoms with Gasteiger partial charge in [-0.1, -0.05) is 133 Å². The molecule has 41 heavy (non-hydrogen) atoms. The summed E-state index contributed by atoms with van der Waals surface area (Å²) in [6.07, 6.45) is 0. The first kappa shape index (κ1) is 12.0. The third kappa shape index (κ3) is 3.18. The minimum Gasteiger partial charge on any atom is -0.455 e. The number of benzene rings is 8. The summed E-state index contributed by atoms with van der Waals surface area (Å²) >= 11 is 0. The number of para-hydroxylation sites is 2. The fraction of sp³-hybridized carbons (Fsp3) is 0. The maximum atomic E-state index is 9.70. The predicted octanol–water partition coefficient (Wildman–Crippen LogP) is 11.5. The lowest BCUT2D eigenvalue weighted by molar-refractivity contribution is 0.670. The monoisotopic (exact) mass is 536 g/mol. The van der Waals surface area contributed by atoms with Crippen molar-refractivity contribution in [3.05, 3.63) is 145 Å². The summed E-state index contributed by atoms with van der Waals surface area (Å²) < 4.78 is 147. The minimum absolute atomic E-state index is 0.0171. The smallest absolute Gasteiger partial charge is 0.143 e. The molecule has 0 fully saturated rings. The van der Waals surface area contributed by atoms with Crippen molar-refractivity contribution >= 4 is 65.0 Å². The molecule has 0 saturated heterocycles. The molecule has 0 aliphatic rings. The van der Waals surface area contributed by atoms with Crippen LogP contribution in [-0.4, -0.2) is 0 Å². The van der Waals surface area contributed by atoms with Crippen LogP contribution in [-0.2, 0) is 0 Å². The van der Waals surface area contributed by atoms with Gasteiger partial charge in [0, 0.05) is 21.9 Å². The highest BCUT2D eigenvalue weighted by Gasteiger charge is 2.21. The summed E-state index contributed by atoms with van der Waals surface area (Å²) in [5.41, 5.74) is 0.232. The highest BCUT2D eigenvalue weighted by molar-refractivity contribution is 6.27. The quantitative estimate of drug-likeness (QED) is 0.158. The van der Waals surface area contributed by atoms with Gasteiger partial charge in [0.15, 0.2) is 0 Å². The molecule has 0 radical (unpaired) electrons. The van der Waals surface area contributed by atoms with E-state index in [9.17, 15) is 4.11 Å². The van der Waals surface area contributed by atoms with Crippen LogP contribution in [0.3, 0.4) is 0 Å². The van der Waals surface area contributed by atoms with E-state index in [1.807, 2.05) is 0 Å². The van der Waals surface area contributed by atoms with E-state index in [-0.39, 0.29) is 60.2 Å². The predicted molar refractivity (Wildman–Crippen MR) is 175 cm³/mol. The molecule has 1 heterocycles. The molecule has 1 heteroatoms. The summed E-state index contributed by atoms with van der Waals surface area (Å²) in [5.74, 6) is 0. The Morgan fingerprint density at radius 3 is 1.66 bits per heavy atom. The molecule has 0 aliphatic heterocycles. The van der Waals surface area contributed by atoms with Gasteiger partial charge in [0.1, 0.15) is 11.2 Å². The van der Waals surface area contributed by atoms with Crippen LogP contribution in [0.15, 0.2) is 150 Å². The Hall–Kier alpha value is -5.40. The zero-order valence-electron chi connectivity index (χ0n) is 37.0. The van der Waals surface area contributed by atoms with Gasteiger partial charge < -0.3 is 4.42 Å². The normalized spacial score (nSPS) is 17.4. The van der Waals surface area contributed by atoms with Gasteiger partial charge in [-0.25, -0.2) is 0 Å². The van der Waals surface area contributed by atoms with Gasteiger partial charge in [-0.2, -0.15) is 0 Å². The largest absolute Gasteiger partial charge is 0.455 e. The van der Waals surface area contributed by atoms with Crippen LogP contribution in [0.25, 0.3) is 87.3 Å². The van der Waals surface area contributed by atoms with Crippen LogP contribution >= 0.6 is 0 Å². The van der Waals surface area contributed by atoms with Gasteiger partial charge in [0.05, 0.1) is 21.9 Å². The van der Waals surface area contributed by atoms with Crippen molar-refractivity contribution in [3.63, 3.8) is 0 Å². The lowest BCUT2D eigenvalue weighted by Gasteiger charge is -2.19. The van der Waals surface area contributed by atoms with Crippen LogP contribution < -0.4 is 0 Å². The van der Waals surface area contributed by atoms with E-state index in [1.54, 1.807) is 48.5 Å². The Labute approximate surface area is 259 Å². The first-order valence-corrected chi connectivity index (χ1v) is 12.8. The lowest BCUT2D eigenvalue weighted by Crippen LogP contribution is -1.92. The summed E-state index contributed by atoms with van der Waals surface area (Å²) in [6.45, 7) is 0. The fourth-order valence-electron chi connectivity index (χ4n) is 5.83.